The maximum Gasteiger partial charge on any atom is 0.153 e. The summed E-state index contributed by atoms with van der Waals surface area (Å²) >= 11 is 0. The van der Waals surface area contributed by atoms with Gasteiger partial charge in [-0.15, -0.1) is 0 Å². The van der Waals surface area contributed by atoms with Gasteiger partial charge in [-0.3, -0.25) is 5.10 Å². The monoisotopic (exact) mass is 286 g/mol. The van der Waals surface area contributed by atoms with Gasteiger partial charge in [0.1, 0.15) is 5.75 Å². The van der Waals surface area contributed by atoms with Crippen LogP contribution in [0.4, 0.5) is 5.82 Å². The van der Waals surface area contributed by atoms with E-state index in [9.17, 15) is 0 Å². The molecule has 1 aromatic heterocycles. The number of H-pyrrole nitrogens is 1. The molecule has 1 aliphatic rings. The van der Waals surface area contributed by atoms with Crippen LogP contribution in [0, 0.1) is 6.92 Å². The van der Waals surface area contributed by atoms with Crippen molar-refractivity contribution in [2.45, 2.75) is 25.8 Å². The van der Waals surface area contributed by atoms with Crippen molar-refractivity contribution in [1.29, 1.82) is 0 Å². The summed E-state index contributed by atoms with van der Waals surface area (Å²) in [5.41, 5.74) is 9.42. The molecule has 0 saturated carbocycles. The van der Waals surface area contributed by atoms with Crippen LogP contribution in [0.25, 0.3) is 11.3 Å². The number of aromatic amines is 1. The number of anilines is 1. The van der Waals surface area contributed by atoms with Gasteiger partial charge in [0.25, 0.3) is 0 Å². The zero-order valence-electron chi connectivity index (χ0n) is 12.6. The second-order valence-corrected chi connectivity index (χ2v) is 5.62. The van der Waals surface area contributed by atoms with E-state index in [0.717, 1.165) is 48.8 Å². The Morgan fingerprint density at radius 1 is 1.33 bits per heavy atom. The van der Waals surface area contributed by atoms with Crippen LogP contribution in [-0.4, -0.2) is 36.4 Å². The number of benzene rings is 1. The minimum absolute atomic E-state index is 0.249. The summed E-state index contributed by atoms with van der Waals surface area (Å²) in [6.07, 6.45) is 2.23. The van der Waals surface area contributed by atoms with Crippen molar-refractivity contribution in [2.75, 3.05) is 25.1 Å². The molecule has 1 fully saturated rings. The summed E-state index contributed by atoms with van der Waals surface area (Å²) in [7, 11) is 1.67. The van der Waals surface area contributed by atoms with Crippen LogP contribution in [0.5, 0.6) is 5.75 Å². The largest absolute Gasteiger partial charge is 0.497 e. The van der Waals surface area contributed by atoms with Crippen molar-refractivity contribution in [3.63, 3.8) is 0 Å². The van der Waals surface area contributed by atoms with Gasteiger partial charge in [0.05, 0.1) is 12.8 Å². The first-order chi connectivity index (χ1) is 10.2. The molecule has 0 aliphatic carbocycles. The molecule has 3 rings (SSSR count). The van der Waals surface area contributed by atoms with Crippen LogP contribution < -0.4 is 15.4 Å². The number of piperidine rings is 1. The molecular formula is C16H22N4O. The highest BCUT2D eigenvalue weighted by atomic mass is 16.5. The SMILES string of the molecule is COc1ccc(-c2[nH]nc(N3CCCC(N)C3)c2C)cc1. The van der Waals surface area contributed by atoms with Gasteiger partial charge in [0.15, 0.2) is 5.82 Å². The average Bonchev–Trinajstić information content (AvgIpc) is 2.89. The molecule has 112 valence electrons. The number of rotatable bonds is 3. The van der Waals surface area contributed by atoms with Gasteiger partial charge >= 0.3 is 0 Å². The zero-order chi connectivity index (χ0) is 14.8. The van der Waals surface area contributed by atoms with Crippen LogP contribution >= 0.6 is 0 Å². The summed E-state index contributed by atoms with van der Waals surface area (Å²) in [5, 5.41) is 7.67. The maximum atomic E-state index is 6.07. The smallest absolute Gasteiger partial charge is 0.153 e. The molecule has 1 saturated heterocycles. The molecule has 0 spiro atoms. The molecule has 0 amide bonds. The summed E-state index contributed by atoms with van der Waals surface area (Å²) in [4.78, 5) is 2.28. The van der Waals surface area contributed by atoms with Gasteiger partial charge in [-0.25, -0.2) is 0 Å². The van der Waals surface area contributed by atoms with Crippen LogP contribution in [0.3, 0.4) is 0 Å². The molecule has 5 heteroatoms. The van der Waals surface area contributed by atoms with Gasteiger partial charge in [0, 0.05) is 30.3 Å². The van der Waals surface area contributed by atoms with E-state index in [1.54, 1.807) is 7.11 Å². The van der Waals surface area contributed by atoms with E-state index in [1.807, 2.05) is 24.3 Å². The van der Waals surface area contributed by atoms with E-state index in [2.05, 4.69) is 22.0 Å². The Kier molecular flexibility index (Phi) is 3.84. The summed E-state index contributed by atoms with van der Waals surface area (Å²) < 4.78 is 5.20. The highest BCUT2D eigenvalue weighted by molar-refractivity contribution is 5.69. The maximum absolute atomic E-state index is 6.07. The van der Waals surface area contributed by atoms with Gasteiger partial charge in [0.2, 0.25) is 0 Å². The van der Waals surface area contributed by atoms with Gasteiger partial charge in [-0.1, -0.05) is 0 Å². The first kappa shape index (κ1) is 13.9. The standard InChI is InChI=1S/C16H22N4O/c1-11-15(12-5-7-14(21-2)8-6-12)18-19-16(11)20-9-3-4-13(17)10-20/h5-8,13H,3-4,9-10,17H2,1-2H3,(H,18,19). The number of nitrogens with zero attached hydrogens (tertiary/aromatic N) is 2. The lowest BCUT2D eigenvalue weighted by molar-refractivity contribution is 0.415. The fourth-order valence-electron chi connectivity index (χ4n) is 2.94. The molecule has 2 aromatic rings. The van der Waals surface area contributed by atoms with E-state index >= 15 is 0 Å². The summed E-state index contributed by atoms with van der Waals surface area (Å²) in [6.45, 7) is 4.02. The van der Waals surface area contributed by atoms with E-state index in [4.69, 9.17) is 10.5 Å². The van der Waals surface area contributed by atoms with Gasteiger partial charge in [-0.05, 0) is 44.0 Å². The Hall–Kier alpha value is -2.01. The van der Waals surface area contributed by atoms with E-state index in [0.29, 0.717) is 0 Å². The zero-order valence-corrected chi connectivity index (χ0v) is 12.6. The lowest BCUT2D eigenvalue weighted by Gasteiger charge is -2.31. The third kappa shape index (κ3) is 2.74. The van der Waals surface area contributed by atoms with E-state index < -0.39 is 0 Å². The number of nitrogens with one attached hydrogen (secondary N) is 1. The van der Waals surface area contributed by atoms with Crippen molar-refractivity contribution in [3.05, 3.63) is 29.8 Å². The van der Waals surface area contributed by atoms with Crippen molar-refractivity contribution in [2.24, 2.45) is 5.73 Å². The van der Waals surface area contributed by atoms with Gasteiger partial charge in [-0.2, -0.15) is 5.10 Å². The van der Waals surface area contributed by atoms with Crippen LogP contribution in [-0.2, 0) is 0 Å². The second kappa shape index (κ2) is 5.77. The Balaban J connectivity index is 1.87. The Labute approximate surface area is 125 Å². The molecule has 1 atom stereocenters. The number of hydrogen-bond donors (Lipinski definition) is 2. The fourth-order valence-corrected chi connectivity index (χ4v) is 2.94. The van der Waals surface area contributed by atoms with Crippen molar-refractivity contribution in [3.8, 4) is 17.0 Å². The van der Waals surface area contributed by atoms with E-state index in [-0.39, 0.29) is 6.04 Å². The quantitative estimate of drug-likeness (QED) is 0.908. The second-order valence-electron chi connectivity index (χ2n) is 5.62. The van der Waals surface area contributed by atoms with Gasteiger partial charge < -0.3 is 15.4 Å². The molecule has 3 N–H and O–H groups in total. The lowest BCUT2D eigenvalue weighted by Crippen LogP contribution is -2.43. The Bertz CT molecular complexity index is 605. The van der Waals surface area contributed by atoms with Crippen LogP contribution in [0.1, 0.15) is 18.4 Å². The highest BCUT2D eigenvalue weighted by Crippen LogP contribution is 2.30. The molecule has 1 unspecified atom stereocenters. The first-order valence-corrected chi connectivity index (χ1v) is 7.39. The normalized spacial score (nSPS) is 18.8. The predicted octanol–water partition coefficient (Wildman–Crippen LogP) is 2.32. The minimum atomic E-state index is 0.249. The fraction of sp³-hybridized carbons (Fsp3) is 0.438. The number of ether oxygens (including phenoxy) is 1. The summed E-state index contributed by atoms with van der Waals surface area (Å²) in [6, 6.07) is 8.27. The van der Waals surface area contributed by atoms with Crippen molar-refractivity contribution < 1.29 is 4.74 Å². The number of aromatic nitrogens is 2. The third-order valence-electron chi connectivity index (χ3n) is 4.12. The molecule has 2 heterocycles. The average molecular weight is 286 g/mol. The highest BCUT2D eigenvalue weighted by Gasteiger charge is 2.22. The molecule has 5 nitrogen and oxygen atoms in total. The Morgan fingerprint density at radius 2 is 2.10 bits per heavy atom. The van der Waals surface area contributed by atoms with Crippen LogP contribution in [0.2, 0.25) is 0 Å². The van der Waals surface area contributed by atoms with Crippen LogP contribution in [0.15, 0.2) is 24.3 Å². The molecule has 0 bridgehead atoms. The van der Waals surface area contributed by atoms with Crippen molar-refractivity contribution >= 4 is 5.82 Å². The van der Waals surface area contributed by atoms with E-state index in [1.165, 1.54) is 5.56 Å². The summed E-state index contributed by atoms with van der Waals surface area (Å²) in [5.74, 6) is 1.88. The first-order valence-electron chi connectivity index (χ1n) is 7.39. The molecule has 1 aromatic carbocycles. The molecule has 0 radical (unpaired) electrons. The van der Waals surface area contributed by atoms with Crippen molar-refractivity contribution in [1.82, 2.24) is 10.2 Å². The molecule has 1 aliphatic heterocycles. The molecule has 21 heavy (non-hydrogen) atoms. The number of nitrogens with two attached hydrogens (primary N) is 1. The lowest BCUT2D eigenvalue weighted by atomic mass is 10.0. The third-order valence-corrected chi connectivity index (χ3v) is 4.12. The molecular weight excluding hydrogens is 264 g/mol. The Morgan fingerprint density at radius 3 is 2.76 bits per heavy atom. The topological polar surface area (TPSA) is 67.2 Å². The predicted molar refractivity (Wildman–Crippen MR) is 84.7 cm³/mol. The minimum Gasteiger partial charge on any atom is -0.497 e. The number of methoxy groups -OCH3 is 1. The number of hydrogen-bond acceptors (Lipinski definition) is 4.